The third-order valence-corrected chi connectivity index (χ3v) is 8.26. The van der Waals surface area contributed by atoms with Crippen molar-refractivity contribution >= 4 is 49.4 Å². The Morgan fingerprint density at radius 2 is 0.977 bits per heavy atom. The van der Waals surface area contributed by atoms with Crippen LogP contribution in [0.2, 0.25) is 0 Å². The number of rotatable bonds is 5. The van der Waals surface area contributed by atoms with Gasteiger partial charge in [-0.3, -0.25) is 4.98 Å². The molecule has 200 valence electrons. The van der Waals surface area contributed by atoms with Crippen LogP contribution in [-0.4, -0.2) is 4.98 Å². The highest BCUT2D eigenvalue weighted by atomic mass is 15.1. The Balaban J connectivity index is 1.20. The molecule has 0 atom stereocenters. The van der Waals surface area contributed by atoms with Gasteiger partial charge in [0.15, 0.2) is 0 Å². The second-order valence-electron chi connectivity index (χ2n) is 10.8. The molecule has 8 aromatic rings. The predicted molar refractivity (Wildman–Crippen MR) is 178 cm³/mol. The van der Waals surface area contributed by atoms with Crippen molar-refractivity contribution in [3.05, 3.63) is 157 Å². The standard InChI is InChI=1S/C40H25N3/c41-25-27-8-16-36(17-9-27)43(38-7-4-20-42-26-38)37-18-14-29(15-19-37)35-23-32-12-10-30-21-34(28-5-2-1-3-6-28)22-31-11-13-33(24-35)40(32)39(30)31/h1-24,26H. The van der Waals surface area contributed by atoms with E-state index in [1.165, 1.54) is 49.0 Å². The first-order valence-corrected chi connectivity index (χ1v) is 14.3. The fourth-order valence-corrected chi connectivity index (χ4v) is 6.22. The SMILES string of the molecule is N#Cc1ccc(N(c2ccc(-c3cc4ccc5cc(-c6ccccc6)cc6ccc(c3)c4c56)cc2)c2cccnc2)cc1. The molecular weight excluding hydrogens is 522 g/mol. The highest BCUT2D eigenvalue weighted by Gasteiger charge is 2.15. The summed E-state index contributed by atoms with van der Waals surface area (Å²) in [5.74, 6) is 0. The van der Waals surface area contributed by atoms with Crippen LogP contribution in [0.15, 0.2) is 152 Å². The maximum atomic E-state index is 9.27. The highest BCUT2D eigenvalue weighted by Crippen LogP contribution is 2.40. The molecule has 1 aromatic heterocycles. The Kier molecular flexibility index (Phi) is 5.84. The maximum absolute atomic E-state index is 9.27. The van der Waals surface area contributed by atoms with E-state index in [0.717, 1.165) is 22.6 Å². The zero-order valence-electron chi connectivity index (χ0n) is 23.3. The Labute approximate surface area is 249 Å². The molecule has 8 rings (SSSR count). The molecular formula is C40H25N3. The third-order valence-electron chi connectivity index (χ3n) is 8.26. The minimum Gasteiger partial charge on any atom is -0.309 e. The normalized spacial score (nSPS) is 11.2. The van der Waals surface area contributed by atoms with Gasteiger partial charge in [0.1, 0.15) is 0 Å². The van der Waals surface area contributed by atoms with E-state index in [1.54, 1.807) is 6.20 Å². The lowest BCUT2D eigenvalue weighted by Gasteiger charge is -2.25. The fraction of sp³-hybridized carbons (Fsp3) is 0. The molecule has 3 heteroatoms. The Bertz CT molecular complexity index is 2200. The topological polar surface area (TPSA) is 39.9 Å². The first kappa shape index (κ1) is 24.8. The van der Waals surface area contributed by atoms with Gasteiger partial charge in [0, 0.05) is 17.6 Å². The van der Waals surface area contributed by atoms with E-state index >= 15 is 0 Å². The Hall–Kier alpha value is -5.98. The van der Waals surface area contributed by atoms with Crippen molar-refractivity contribution in [3.63, 3.8) is 0 Å². The molecule has 0 unspecified atom stereocenters. The quantitative estimate of drug-likeness (QED) is 0.201. The molecule has 0 aliphatic rings. The van der Waals surface area contributed by atoms with Gasteiger partial charge in [-0.15, -0.1) is 0 Å². The lowest BCUT2D eigenvalue weighted by molar-refractivity contribution is 1.23. The molecule has 0 aliphatic heterocycles. The van der Waals surface area contributed by atoms with Crippen LogP contribution < -0.4 is 4.90 Å². The summed E-state index contributed by atoms with van der Waals surface area (Å²) in [5, 5.41) is 16.9. The fourth-order valence-electron chi connectivity index (χ4n) is 6.22. The molecule has 0 radical (unpaired) electrons. The smallest absolute Gasteiger partial charge is 0.0991 e. The van der Waals surface area contributed by atoms with Crippen LogP contribution in [0.3, 0.4) is 0 Å². The van der Waals surface area contributed by atoms with Crippen molar-refractivity contribution in [2.24, 2.45) is 0 Å². The number of pyridine rings is 1. The molecule has 7 aromatic carbocycles. The summed E-state index contributed by atoms with van der Waals surface area (Å²) in [7, 11) is 0. The van der Waals surface area contributed by atoms with Crippen LogP contribution >= 0.6 is 0 Å². The van der Waals surface area contributed by atoms with Crippen molar-refractivity contribution in [2.45, 2.75) is 0 Å². The van der Waals surface area contributed by atoms with E-state index < -0.39 is 0 Å². The van der Waals surface area contributed by atoms with Crippen LogP contribution in [-0.2, 0) is 0 Å². The number of nitrogens with zero attached hydrogens (tertiary/aromatic N) is 3. The second kappa shape index (κ2) is 10.1. The summed E-state index contributed by atoms with van der Waals surface area (Å²) in [6, 6.07) is 51.3. The van der Waals surface area contributed by atoms with E-state index in [9.17, 15) is 5.26 Å². The minimum absolute atomic E-state index is 0.635. The summed E-state index contributed by atoms with van der Waals surface area (Å²) >= 11 is 0. The van der Waals surface area contributed by atoms with Crippen molar-refractivity contribution < 1.29 is 0 Å². The summed E-state index contributed by atoms with van der Waals surface area (Å²) in [6.45, 7) is 0. The largest absolute Gasteiger partial charge is 0.309 e. The van der Waals surface area contributed by atoms with Gasteiger partial charge >= 0.3 is 0 Å². The lowest BCUT2D eigenvalue weighted by Crippen LogP contribution is -2.10. The number of nitriles is 1. The molecule has 0 spiro atoms. The first-order valence-electron chi connectivity index (χ1n) is 14.3. The van der Waals surface area contributed by atoms with Gasteiger partial charge in [-0.25, -0.2) is 0 Å². The van der Waals surface area contributed by atoms with Gasteiger partial charge in [0.2, 0.25) is 0 Å². The first-order chi connectivity index (χ1) is 21.2. The number of hydrogen-bond acceptors (Lipinski definition) is 3. The molecule has 1 heterocycles. The van der Waals surface area contributed by atoms with E-state index in [1.807, 2.05) is 42.6 Å². The molecule has 0 bridgehead atoms. The van der Waals surface area contributed by atoms with Crippen LogP contribution in [0.5, 0.6) is 0 Å². The Morgan fingerprint density at radius 1 is 0.465 bits per heavy atom. The monoisotopic (exact) mass is 547 g/mol. The van der Waals surface area contributed by atoms with Crippen LogP contribution in [0.1, 0.15) is 5.56 Å². The molecule has 0 amide bonds. The zero-order valence-corrected chi connectivity index (χ0v) is 23.3. The van der Waals surface area contributed by atoms with Crippen molar-refractivity contribution in [1.82, 2.24) is 4.98 Å². The van der Waals surface area contributed by atoms with E-state index in [4.69, 9.17) is 0 Å². The van der Waals surface area contributed by atoms with Crippen LogP contribution in [0.25, 0.3) is 54.6 Å². The summed E-state index contributed by atoms with van der Waals surface area (Å²) < 4.78 is 0. The van der Waals surface area contributed by atoms with Gasteiger partial charge in [-0.05, 0) is 127 Å². The maximum Gasteiger partial charge on any atom is 0.0991 e. The van der Waals surface area contributed by atoms with Crippen molar-refractivity contribution in [3.8, 4) is 28.3 Å². The third kappa shape index (κ3) is 4.34. The van der Waals surface area contributed by atoms with Crippen LogP contribution in [0.4, 0.5) is 17.1 Å². The van der Waals surface area contributed by atoms with Crippen molar-refractivity contribution in [2.75, 3.05) is 4.90 Å². The zero-order chi connectivity index (χ0) is 28.8. The molecule has 0 saturated heterocycles. The number of hydrogen-bond donors (Lipinski definition) is 0. The second-order valence-corrected chi connectivity index (χ2v) is 10.8. The van der Waals surface area contributed by atoms with Crippen LogP contribution in [0, 0.1) is 11.3 Å². The highest BCUT2D eigenvalue weighted by molar-refractivity contribution is 6.24. The number of anilines is 3. The molecule has 3 nitrogen and oxygen atoms in total. The summed E-state index contributed by atoms with van der Waals surface area (Å²) in [6.07, 6.45) is 3.63. The predicted octanol–water partition coefficient (Wildman–Crippen LogP) is 10.7. The van der Waals surface area contributed by atoms with Gasteiger partial charge in [0.05, 0.1) is 23.5 Å². The summed E-state index contributed by atoms with van der Waals surface area (Å²) in [4.78, 5) is 6.50. The van der Waals surface area contributed by atoms with E-state index in [-0.39, 0.29) is 0 Å². The van der Waals surface area contributed by atoms with Gasteiger partial charge < -0.3 is 4.90 Å². The molecule has 0 fully saturated rings. The number of benzene rings is 7. The Morgan fingerprint density at radius 3 is 1.47 bits per heavy atom. The molecule has 0 saturated carbocycles. The minimum atomic E-state index is 0.635. The van der Waals surface area contributed by atoms with Gasteiger partial charge in [0.25, 0.3) is 0 Å². The molecule has 0 aliphatic carbocycles. The van der Waals surface area contributed by atoms with Crippen molar-refractivity contribution in [1.29, 1.82) is 5.26 Å². The average Bonchev–Trinajstić information content (AvgIpc) is 3.08. The lowest BCUT2D eigenvalue weighted by atomic mass is 9.89. The summed E-state index contributed by atoms with van der Waals surface area (Å²) in [5.41, 5.74) is 8.41. The molecule has 43 heavy (non-hydrogen) atoms. The average molecular weight is 548 g/mol. The van der Waals surface area contributed by atoms with E-state index in [2.05, 4.69) is 119 Å². The van der Waals surface area contributed by atoms with E-state index in [0.29, 0.717) is 5.56 Å². The number of aromatic nitrogens is 1. The van der Waals surface area contributed by atoms with Gasteiger partial charge in [-0.2, -0.15) is 5.26 Å². The van der Waals surface area contributed by atoms with Gasteiger partial charge in [-0.1, -0.05) is 66.7 Å². The molecule has 0 N–H and O–H groups in total.